The molecule has 3 rings (SSSR count). The fourth-order valence-corrected chi connectivity index (χ4v) is 2.15. The lowest BCUT2D eigenvalue weighted by Crippen LogP contribution is -2.18. The number of nitrogens with zero attached hydrogens (tertiary/aromatic N) is 5. The third-order valence-electron chi connectivity index (χ3n) is 3.27. The third-order valence-corrected chi connectivity index (χ3v) is 3.27. The first-order valence-corrected chi connectivity index (χ1v) is 7.13. The minimum absolute atomic E-state index is 0.209. The third kappa shape index (κ3) is 3.42. The van der Waals surface area contributed by atoms with Gasteiger partial charge in [0.25, 0.3) is 5.91 Å². The molecule has 2 aromatic heterocycles. The first-order valence-electron chi connectivity index (χ1n) is 7.13. The predicted molar refractivity (Wildman–Crippen MR) is 81.4 cm³/mol. The quantitative estimate of drug-likeness (QED) is 0.780. The van der Waals surface area contributed by atoms with Crippen LogP contribution in [-0.4, -0.2) is 30.5 Å². The van der Waals surface area contributed by atoms with E-state index in [-0.39, 0.29) is 17.7 Å². The van der Waals surface area contributed by atoms with E-state index < -0.39 is 0 Å². The summed E-state index contributed by atoms with van der Waals surface area (Å²) in [4.78, 5) is 16.2. The molecule has 8 heteroatoms. The molecule has 2 heterocycles. The molecule has 23 heavy (non-hydrogen) atoms. The maximum atomic E-state index is 12.9. The highest BCUT2D eigenvalue weighted by atomic mass is 19.1. The van der Waals surface area contributed by atoms with Crippen LogP contribution in [0, 0.1) is 5.82 Å². The first-order chi connectivity index (χ1) is 11.2. The lowest BCUT2D eigenvalue weighted by molar-refractivity contribution is 0.101. The fraction of sp³-hybridized carbons (Fsp3) is 0.200. The topological polar surface area (TPSA) is 77.6 Å². The second-order valence-electron chi connectivity index (χ2n) is 4.88. The van der Waals surface area contributed by atoms with Crippen molar-refractivity contribution in [1.82, 2.24) is 24.5 Å². The maximum absolute atomic E-state index is 12.9. The zero-order valence-corrected chi connectivity index (χ0v) is 12.5. The number of carbonyl (C=O) groups is 1. The SMILES string of the molecule is CCn1nccc1C(=O)Nc1ncn(Cc2ccc(F)cc2)n1. The summed E-state index contributed by atoms with van der Waals surface area (Å²) in [5.41, 5.74) is 1.33. The highest BCUT2D eigenvalue weighted by molar-refractivity contribution is 6.01. The minimum Gasteiger partial charge on any atom is -0.288 e. The van der Waals surface area contributed by atoms with Crippen molar-refractivity contribution in [3.05, 3.63) is 59.9 Å². The Kier molecular flexibility index (Phi) is 4.13. The number of carbonyl (C=O) groups excluding carboxylic acids is 1. The van der Waals surface area contributed by atoms with Crippen molar-refractivity contribution in [3.8, 4) is 0 Å². The van der Waals surface area contributed by atoms with Crippen LogP contribution in [0.5, 0.6) is 0 Å². The average Bonchev–Trinajstić information content (AvgIpc) is 3.18. The van der Waals surface area contributed by atoms with Gasteiger partial charge < -0.3 is 0 Å². The van der Waals surface area contributed by atoms with E-state index in [9.17, 15) is 9.18 Å². The van der Waals surface area contributed by atoms with Crippen LogP contribution in [0.25, 0.3) is 0 Å². The summed E-state index contributed by atoms with van der Waals surface area (Å²) in [5, 5.41) is 10.9. The van der Waals surface area contributed by atoms with Gasteiger partial charge in [-0.1, -0.05) is 12.1 Å². The Balaban J connectivity index is 1.67. The molecule has 1 aromatic carbocycles. The normalized spacial score (nSPS) is 10.7. The van der Waals surface area contributed by atoms with Gasteiger partial charge in [0.2, 0.25) is 5.95 Å². The number of hydrogen-bond acceptors (Lipinski definition) is 4. The van der Waals surface area contributed by atoms with Gasteiger partial charge >= 0.3 is 0 Å². The van der Waals surface area contributed by atoms with E-state index in [1.165, 1.54) is 18.5 Å². The smallest absolute Gasteiger partial charge is 0.276 e. The lowest BCUT2D eigenvalue weighted by Gasteiger charge is -2.03. The Morgan fingerprint density at radius 2 is 2.04 bits per heavy atom. The molecule has 0 fully saturated rings. The van der Waals surface area contributed by atoms with Crippen molar-refractivity contribution in [1.29, 1.82) is 0 Å². The van der Waals surface area contributed by atoms with E-state index in [2.05, 4.69) is 20.5 Å². The molecule has 0 saturated heterocycles. The van der Waals surface area contributed by atoms with Crippen LogP contribution in [0.4, 0.5) is 10.3 Å². The Hall–Kier alpha value is -3.03. The standard InChI is InChI=1S/C15H15FN6O/c1-2-22-13(7-8-18-22)14(23)19-15-17-10-21(20-15)9-11-3-5-12(16)6-4-11/h3-8,10H,2,9H2,1H3,(H,19,20,23). The molecule has 0 radical (unpaired) electrons. The van der Waals surface area contributed by atoms with Crippen molar-refractivity contribution in [3.63, 3.8) is 0 Å². The summed E-state index contributed by atoms with van der Waals surface area (Å²) >= 11 is 0. The van der Waals surface area contributed by atoms with E-state index in [4.69, 9.17) is 0 Å². The molecule has 0 atom stereocenters. The summed E-state index contributed by atoms with van der Waals surface area (Å²) in [5.74, 6) is -0.391. The number of nitrogens with one attached hydrogen (secondary N) is 1. The van der Waals surface area contributed by atoms with Gasteiger partial charge in [-0.2, -0.15) is 5.10 Å². The van der Waals surface area contributed by atoms with Crippen LogP contribution in [0.2, 0.25) is 0 Å². The molecule has 0 unspecified atom stereocenters. The number of anilines is 1. The Morgan fingerprint density at radius 1 is 1.26 bits per heavy atom. The molecule has 0 saturated carbocycles. The van der Waals surface area contributed by atoms with Gasteiger partial charge in [0.05, 0.1) is 6.54 Å². The molecule has 0 aliphatic rings. The predicted octanol–water partition coefficient (Wildman–Crippen LogP) is 1.93. The summed E-state index contributed by atoms with van der Waals surface area (Å²) in [6.45, 7) is 2.94. The average molecular weight is 314 g/mol. The summed E-state index contributed by atoms with van der Waals surface area (Å²) in [7, 11) is 0. The van der Waals surface area contributed by atoms with E-state index >= 15 is 0 Å². The van der Waals surface area contributed by atoms with Gasteiger partial charge in [-0.15, -0.1) is 5.10 Å². The maximum Gasteiger partial charge on any atom is 0.276 e. The lowest BCUT2D eigenvalue weighted by atomic mass is 10.2. The molecule has 3 aromatic rings. The van der Waals surface area contributed by atoms with Crippen LogP contribution >= 0.6 is 0 Å². The molecule has 118 valence electrons. The van der Waals surface area contributed by atoms with Crippen LogP contribution < -0.4 is 5.32 Å². The molecule has 0 aliphatic heterocycles. The van der Waals surface area contributed by atoms with Crippen LogP contribution in [-0.2, 0) is 13.1 Å². The van der Waals surface area contributed by atoms with Gasteiger partial charge in [-0.3, -0.25) is 14.8 Å². The van der Waals surface area contributed by atoms with E-state index in [1.807, 2.05) is 6.92 Å². The van der Waals surface area contributed by atoms with Gasteiger partial charge in [-0.05, 0) is 30.7 Å². The van der Waals surface area contributed by atoms with Gasteiger partial charge in [0.1, 0.15) is 17.8 Å². The number of aryl methyl sites for hydroxylation is 1. The van der Waals surface area contributed by atoms with Crippen molar-refractivity contribution in [2.75, 3.05) is 5.32 Å². The van der Waals surface area contributed by atoms with E-state index in [1.54, 1.807) is 33.8 Å². The largest absolute Gasteiger partial charge is 0.288 e. The van der Waals surface area contributed by atoms with E-state index in [0.717, 1.165) is 5.56 Å². The monoisotopic (exact) mass is 314 g/mol. The van der Waals surface area contributed by atoms with Crippen molar-refractivity contribution in [2.45, 2.75) is 20.0 Å². The van der Waals surface area contributed by atoms with Crippen molar-refractivity contribution < 1.29 is 9.18 Å². The highest BCUT2D eigenvalue weighted by Gasteiger charge is 2.13. The number of halogens is 1. The zero-order valence-electron chi connectivity index (χ0n) is 12.5. The summed E-state index contributed by atoms with van der Waals surface area (Å²) in [6, 6.07) is 7.76. The number of benzene rings is 1. The first kappa shape index (κ1) is 14.9. The van der Waals surface area contributed by atoms with E-state index in [0.29, 0.717) is 18.8 Å². The Bertz CT molecular complexity index is 807. The molecule has 7 nitrogen and oxygen atoms in total. The van der Waals surface area contributed by atoms with Crippen molar-refractivity contribution in [2.24, 2.45) is 0 Å². The molecule has 1 amide bonds. The number of hydrogen-bond donors (Lipinski definition) is 1. The second-order valence-corrected chi connectivity index (χ2v) is 4.88. The summed E-state index contributed by atoms with van der Waals surface area (Å²) < 4.78 is 16.0. The van der Waals surface area contributed by atoms with Crippen LogP contribution in [0.15, 0.2) is 42.9 Å². The molecule has 1 N–H and O–H groups in total. The number of rotatable bonds is 5. The molecular weight excluding hydrogens is 299 g/mol. The number of amides is 1. The van der Waals surface area contributed by atoms with Gasteiger partial charge in [0.15, 0.2) is 0 Å². The summed E-state index contributed by atoms with van der Waals surface area (Å²) in [6.07, 6.45) is 3.08. The molecule has 0 bridgehead atoms. The molecule has 0 aliphatic carbocycles. The molecular formula is C15H15FN6O. The van der Waals surface area contributed by atoms with Crippen LogP contribution in [0.1, 0.15) is 23.0 Å². The highest BCUT2D eigenvalue weighted by Crippen LogP contribution is 2.07. The fourth-order valence-electron chi connectivity index (χ4n) is 2.15. The zero-order chi connectivity index (χ0) is 16.2. The second kappa shape index (κ2) is 6.39. The van der Waals surface area contributed by atoms with Gasteiger partial charge in [0, 0.05) is 12.7 Å². The number of aromatic nitrogens is 5. The minimum atomic E-state index is -0.316. The molecule has 0 spiro atoms. The Morgan fingerprint density at radius 3 is 2.78 bits per heavy atom. The van der Waals surface area contributed by atoms with Crippen molar-refractivity contribution >= 4 is 11.9 Å². The van der Waals surface area contributed by atoms with Crippen LogP contribution in [0.3, 0.4) is 0 Å². The van der Waals surface area contributed by atoms with Gasteiger partial charge in [-0.25, -0.2) is 14.1 Å². The Labute approximate surface area is 131 Å².